The van der Waals surface area contributed by atoms with Crippen LogP contribution in [0.3, 0.4) is 0 Å². The van der Waals surface area contributed by atoms with Gasteiger partial charge in [0.25, 0.3) is 0 Å². The zero-order valence-corrected chi connectivity index (χ0v) is 19.6. The molecule has 6 heteroatoms. The lowest BCUT2D eigenvalue weighted by Gasteiger charge is -2.31. The molecule has 0 spiro atoms. The third kappa shape index (κ3) is 7.37. The molecule has 3 rings (SSSR count). The molecule has 0 heterocycles. The van der Waals surface area contributed by atoms with Crippen LogP contribution >= 0.6 is 11.8 Å². The van der Waals surface area contributed by atoms with Gasteiger partial charge in [-0.25, -0.2) is 4.39 Å². The van der Waals surface area contributed by atoms with E-state index in [9.17, 15) is 14.0 Å². The summed E-state index contributed by atoms with van der Waals surface area (Å²) in [5.41, 5.74) is 2.05. The van der Waals surface area contributed by atoms with Crippen LogP contribution in [-0.2, 0) is 21.9 Å². The van der Waals surface area contributed by atoms with Crippen LogP contribution in [0.15, 0.2) is 54.6 Å². The minimum atomic E-state index is -0.521. The maximum absolute atomic E-state index is 13.4. The van der Waals surface area contributed by atoms with Crippen molar-refractivity contribution in [3.63, 3.8) is 0 Å². The Hall–Kier alpha value is -2.34. The van der Waals surface area contributed by atoms with E-state index in [-0.39, 0.29) is 23.7 Å². The summed E-state index contributed by atoms with van der Waals surface area (Å²) >= 11 is 1.72. The van der Waals surface area contributed by atoms with Gasteiger partial charge >= 0.3 is 0 Å². The number of halogens is 1. The minimum absolute atomic E-state index is 0.0386. The second-order valence-electron chi connectivity index (χ2n) is 8.35. The van der Waals surface area contributed by atoms with Gasteiger partial charge in [0, 0.05) is 30.5 Å². The fourth-order valence-corrected chi connectivity index (χ4v) is 5.03. The number of benzene rings is 2. The van der Waals surface area contributed by atoms with Crippen molar-refractivity contribution < 1.29 is 14.0 Å². The number of carbonyl (C=O) groups excluding carboxylic acids is 2. The van der Waals surface area contributed by atoms with Crippen molar-refractivity contribution >= 4 is 23.6 Å². The van der Waals surface area contributed by atoms with Crippen LogP contribution in [0.5, 0.6) is 0 Å². The Morgan fingerprint density at radius 2 is 1.75 bits per heavy atom. The van der Waals surface area contributed by atoms with E-state index in [0.717, 1.165) is 37.0 Å². The van der Waals surface area contributed by atoms with Crippen LogP contribution < -0.4 is 5.32 Å². The molecule has 1 fully saturated rings. The van der Waals surface area contributed by atoms with Crippen molar-refractivity contribution in [3.8, 4) is 0 Å². The van der Waals surface area contributed by atoms with Crippen molar-refractivity contribution in [2.75, 3.05) is 5.75 Å². The normalized spacial score (nSPS) is 14.8. The lowest BCUT2D eigenvalue weighted by atomic mass is 10.1. The fraction of sp³-hybridized carbons (Fsp3) is 0.462. The van der Waals surface area contributed by atoms with E-state index in [4.69, 9.17) is 0 Å². The van der Waals surface area contributed by atoms with Crippen LogP contribution in [0.2, 0.25) is 0 Å². The first-order valence-corrected chi connectivity index (χ1v) is 12.7. The van der Waals surface area contributed by atoms with Gasteiger partial charge in [-0.15, -0.1) is 0 Å². The molecule has 172 valence electrons. The van der Waals surface area contributed by atoms with Crippen molar-refractivity contribution in [3.05, 3.63) is 71.5 Å². The Morgan fingerprint density at radius 3 is 2.41 bits per heavy atom. The third-order valence-electron chi connectivity index (χ3n) is 5.93. The molecule has 1 aliphatic carbocycles. The minimum Gasteiger partial charge on any atom is -0.352 e. The highest BCUT2D eigenvalue weighted by Gasteiger charge is 2.30. The quantitative estimate of drug-likeness (QED) is 0.466. The number of amides is 2. The van der Waals surface area contributed by atoms with Crippen LogP contribution in [0, 0.1) is 5.82 Å². The second-order valence-corrected chi connectivity index (χ2v) is 9.46. The lowest BCUT2D eigenvalue weighted by molar-refractivity contribution is -0.141. The second kappa shape index (κ2) is 12.6. The summed E-state index contributed by atoms with van der Waals surface area (Å²) in [5.74, 6) is 1.12. The van der Waals surface area contributed by atoms with Crippen molar-refractivity contribution in [1.29, 1.82) is 0 Å². The Bertz CT molecular complexity index is 854. The fourth-order valence-electron chi connectivity index (χ4n) is 4.14. The third-order valence-corrected chi connectivity index (χ3v) is 6.96. The van der Waals surface area contributed by atoms with Crippen LogP contribution in [-0.4, -0.2) is 34.6 Å². The highest BCUT2D eigenvalue weighted by Crippen LogP contribution is 2.20. The predicted molar refractivity (Wildman–Crippen MR) is 129 cm³/mol. The number of hydrogen-bond donors (Lipinski definition) is 1. The Kier molecular flexibility index (Phi) is 9.60. The number of nitrogens with zero attached hydrogens (tertiary/aromatic N) is 1. The molecule has 4 nitrogen and oxygen atoms in total. The van der Waals surface area contributed by atoms with E-state index in [0.29, 0.717) is 25.1 Å². The molecule has 1 saturated carbocycles. The number of thioether (sulfide) groups is 1. The van der Waals surface area contributed by atoms with Gasteiger partial charge in [-0.1, -0.05) is 62.2 Å². The number of carbonyl (C=O) groups is 2. The summed E-state index contributed by atoms with van der Waals surface area (Å²) in [6, 6.07) is 16.0. The summed E-state index contributed by atoms with van der Waals surface area (Å²) in [4.78, 5) is 28.0. The molecule has 32 heavy (non-hydrogen) atoms. The molecule has 2 aromatic rings. The molecule has 1 aliphatic rings. The predicted octanol–water partition coefficient (Wildman–Crippen LogP) is 5.32. The van der Waals surface area contributed by atoms with Gasteiger partial charge in [-0.3, -0.25) is 9.59 Å². The molecule has 1 atom stereocenters. The Labute approximate surface area is 195 Å². The van der Waals surface area contributed by atoms with Gasteiger partial charge in [-0.2, -0.15) is 11.8 Å². The number of nitrogens with one attached hydrogen (secondary N) is 1. The largest absolute Gasteiger partial charge is 0.352 e. The van der Waals surface area contributed by atoms with Crippen LogP contribution in [0.25, 0.3) is 0 Å². The zero-order valence-electron chi connectivity index (χ0n) is 18.8. The van der Waals surface area contributed by atoms with Gasteiger partial charge < -0.3 is 10.2 Å². The first-order chi connectivity index (χ1) is 15.6. The first kappa shape index (κ1) is 24.3. The maximum atomic E-state index is 13.4. The highest BCUT2D eigenvalue weighted by molar-refractivity contribution is 7.98. The highest BCUT2D eigenvalue weighted by atomic mass is 32.2. The van der Waals surface area contributed by atoms with E-state index in [1.54, 1.807) is 28.8 Å². The van der Waals surface area contributed by atoms with Crippen LogP contribution in [0.1, 0.15) is 56.6 Å². The van der Waals surface area contributed by atoms with E-state index in [2.05, 4.69) is 17.4 Å². The summed E-state index contributed by atoms with van der Waals surface area (Å²) in [7, 11) is 0. The molecule has 0 aromatic heterocycles. The van der Waals surface area contributed by atoms with Gasteiger partial charge in [0.2, 0.25) is 11.8 Å². The Morgan fingerprint density at radius 1 is 1.06 bits per heavy atom. The maximum Gasteiger partial charge on any atom is 0.243 e. The summed E-state index contributed by atoms with van der Waals surface area (Å²) in [5, 5.41) is 3.15. The smallest absolute Gasteiger partial charge is 0.243 e. The zero-order chi connectivity index (χ0) is 22.8. The molecule has 1 N–H and O–H groups in total. The molecule has 2 aromatic carbocycles. The van der Waals surface area contributed by atoms with Crippen molar-refractivity contribution in [2.24, 2.45) is 0 Å². The number of hydrogen-bond acceptors (Lipinski definition) is 3. The van der Waals surface area contributed by atoms with E-state index >= 15 is 0 Å². The summed E-state index contributed by atoms with van der Waals surface area (Å²) in [6.45, 7) is 2.24. The molecule has 0 aliphatic heterocycles. The summed E-state index contributed by atoms with van der Waals surface area (Å²) < 4.78 is 13.4. The van der Waals surface area contributed by atoms with E-state index in [1.165, 1.54) is 17.7 Å². The average molecular weight is 457 g/mol. The van der Waals surface area contributed by atoms with Crippen LogP contribution in [0.4, 0.5) is 4.39 Å². The molecule has 0 saturated heterocycles. The molecular formula is C26H33FN2O2S. The van der Waals surface area contributed by atoms with Gasteiger partial charge in [-0.05, 0) is 42.5 Å². The van der Waals surface area contributed by atoms with Crippen molar-refractivity contribution in [2.45, 2.75) is 69.8 Å². The van der Waals surface area contributed by atoms with E-state index in [1.807, 2.05) is 25.1 Å². The average Bonchev–Trinajstić information content (AvgIpc) is 3.31. The molecule has 0 unspecified atom stereocenters. The van der Waals surface area contributed by atoms with Gasteiger partial charge in [0.1, 0.15) is 11.9 Å². The lowest BCUT2D eigenvalue weighted by Crippen LogP contribution is -2.51. The first-order valence-electron chi connectivity index (χ1n) is 11.5. The molecular weight excluding hydrogens is 423 g/mol. The van der Waals surface area contributed by atoms with Gasteiger partial charge in [0.05, 0.1) is 0 Å². The summed E-state index contributed by atoms with van der Waals surface area (Å²) in [6.07, 6.45) is 5.19. The topological polar surface area (TPSA) is 49.4 Å². The number of rotatable bonds is 11. The van der Waals surface area contributed by atoms with Gasteiger partial charge in [0.15, 0.2) is 0 Å². The Balaban J connectivity index is 1.64. The SMILES string of the molecule is CC[C@H](C(=O)NC1CCCC1)N(Cc1ccc(F)cc1)C(=O)CCSCc1ccccc1. The molecule has 2 amide bonds. The standard InChI is InChI=1S/C26H33FN2O2S/c1-2-24(26(31)28-23-10-6-7-11-23)29(18-20-12-14-22(27)15-13-20)25(30)16-17-32-19-21-8-4-3-5-9-21/h3-5,8-9,12-15,23-24H,2,6-7,10-11,16-19H2,1H3,(H,28,31)/t24-/m1/s1. The van der Waals surface area contributed by atoms with Crippen molar-refractivity contribution in [1.82, 2.24) is 10.2 Å². The van der Waals surface area contributed by atoms with E-state index < -0.39 is 6.04 Å². The molecule has 0 bridgehead atoms. The monoisotopic (exact) mass is 456 g/mol. The molecule has 0 radical (unpaired) electrons.